The van der Waals surface area contributed by atoms with Gasteiger partial charge < -0.3 is 9.13 Å². The highest BCUT2D eigenvalue weighted by molar-refractivity contribution is 7.85. The third kappa shape index (κ3) is 5.95. The highest BCUT2D eigenvalue weighted by atomic mass is 31.2. The Hall–Kier alpha value is -7.34. The second-order valence-electron chi connectivity index (χ2n) is 14.4. The molecule has 0 radical (unpaired) electrons. The Morgan fingerprint density at radius 3 is 0.923 bits per heavy atom. The van der Waals surface area contributed by atoms with Gasteiger partial charge in [0.2, 0.25) is 0 Å². The van der Waals surface area contributed by atoms with Gasteiger partial charge in [-0.05, 0) is 78.8 Å². The predicted octanol–water partition coefficient (Wildman–Crippen LogP) is 12.6. The predicted molar refractivity (Wildman–Crippen MR) is 272 cm³/mol. The molecule has 0 aliphatic heterocycles. The van der Waals surface area contributed by atoms with E-state index in [0.717, 1.165) is 0 Å². The quantitative estimate of drug-likeness (QED) is 0.142. The van der Waals surface area contributed by atoms with E-state index in [-0.39, 0.29) is 11.1 Å². The van der Waals surface area contributed by atoms with Gasteiger partial charge in [0, 0.05) is 31.8 Å². The van der Waals surface area contributed by atoms with Crippen LogP contribution in [-0.2, 0) is 14.5 Å². The first-order chi connectivity index (χ1) is 46.1. The van der Waals surface area contributed by atoms with Crippen molar-refractivity contribution >= 4 is 46.1 Å². The molecular weight excluding hydrogens is 827 g/mol. The maximum absolute atomic E-state index is 16.6. The zero-order valence-electron chi connectivity index (χ0n) is 66.8. The molecule has 2 aliphatic carbocycles. The topological polar surface area (TPSA) is 34.1 Å². The van der Waals surface area contributed by atoms with Crippen molar-refractivity contribution in [1.82, 2.24) is 0 Å². The molecule has 0 atom stereocenters. The van der Waals surface area contributed by atoms with Crippen molar-refractivity contribution in [2.75, 3.05) is 0 Å². The number of fused-ring (bicyclic) bond motifs is 10. The maximum Gasteiger partial charge on any atom is 0.171 e. The molecule has 0 N–H and O–H groups in total. The smallest absolute Gasteiger partial charge is 0.171 e. The van der Waals surface area contributed by atoms with Crippen molar-refractivity contribution in [3.05, 3.63) is 276 Å². The molecule has 2 nitrogen and oxygen atoms in total. The minimum atomic E-state index is -5.95. The Bertz CT molecular complexity index is 4930. The monoisotopic (exact) mass is 902 g/mol. The molecule has 0 aromatic heterocycles. The lowest BCUT2D eigenvalue weighted by Crippen LogP contribution is -2.26. The summed E-state index contributed by atoms with van der Waals surface area (Å²) in [7, 11) is -11.9. The van der Waals surface area contributed by atoms with Gasteiger partial charge in [0.15, 0.2) is 14.3 Å². The van der Waals surface area contributed by atoms with Gasteiger partial charge in [-0.25, -0.2) is 0 Å². The first-order valence-electron chi connectivity index (χ1n) is 36.4. The molecular formula is C61H42O2P2. The average molecular weight is 903 g/mol. The van der Waals surface area contributed by atoms with E-state index >= 15 is 9.13 Å². The van der Waals surface area contributed by atoms with E-state index in [1.165, 1.54) is 24.3 Å². The Morgan fingerprint density at radius 1 is 0.292 bits per heavy atom. The number of hydrogen-bond donors (Lipinski definition) is 0. The van der Waals surface area contributed by atoms with Gasteiger partial charge in [-0.1, -0.05) is 242 Å². The molecule has 1 spiro atoms. The van der Waals surface area contributed by atoms with E-state index in [1.54, 1.807) is 24.3 Å². The third-order valence-corrected chi connectivity index (χ3v) is 16.3. The van der Waals surface area contributed by atoms with Crippen LogP contribution in [0.25, 0.3) is 44.5 Å². The summed E-state index contributed by atoms with van der Waals surface area (Å²) >= 11 is 0. The largest absolute Gasteiger partial charge is 0.309 e. The molecule has 4 heteroatoms. The molecule has 0 saturated heterocycles. The summed E-state index contributed by atoms with van der Waals surface area (Å²) in [5, 5.41) is -7.86. The lowest BCUT2D eigenvalue weighted by atomic mass is 9.70. The normalized spacial score (nSPS) is 20.5. The summed E-state index contributed by atoms with van der Waals surface area (Å²) in [5.41, 5.74) is -7.01. The summed E-state index contributed by atoms with van der Waals surface area (Å²) in [4.78, 5) is 0. The van der Waals surface area contributed by atoms with E-state index in [0.29, 0.717) is 11.1 Å². The lowest BCUT2D eigenvalue weighted by molar-refractivity contribution is 0.591. The van der Waals surface area contributed by atoms with Gasteiger partial charge >= 0.3 is 0 Å². The molecule has 308 valence electrons. The van der Waals surface area contributed by atoms with Gasteiger partial charge in [-0.15, -0.1) is 0 Å². The second-order valence-corrected chi connectivity index (χ2v) is 19.5. The summed E-state index contributed by atoms with van der Waals surface area (Å²) in [6, 6.07) is -28.2. The van der Waals surface area contributed by atoms with Crippen molar-refractivity contribution in [2.24, 2.45) is 0 Å². The van der Waals surface area contributed by atoms with Crippen LogP contribution in [-0.4, -0.2) is 0 Å². The molecule has 0 bridgehead atoms. The third-order valence-electron chi connectivity index (χ3n) is 11.1. The van der Waals surface area contributed by atoms with E-state index in [9.17, 15) is 19.2 Å². The molecule has 0 heterocycles. The SMILES string of the molecule is [2H]c1c([2H])c([2H])c(P(=O)(c2c([2H])c([2H])c([2H])c([2H])c2[2H])c2c([2H])c([2H])c(-c3c([2H])c([2H])c4c(c3[2H])C3(c5ccccc5-c5ccccc53)c3c([2H])c(-c5c([2H])c([2H])c(P(=O)(c6c([2H])c([2H])c([2H])c([2H])c6[2H])c6c([2H])c([2H])c([2H])c([2H])c6[2H])c([2H])c5[2H])c([2H])c([2H])c3-4)c([2H])c2[2H])c([2H])c1[2H]. The minimum absolute atomic E-state index is 0.139. The van der Waals surface area contributed by atoms with Crippen LogP contribution >= 0.6 is 14.3 Å². The Morgan fingerprint density at radius 2 is 0.585 bits per heavy atom. The Balaban J connectivity index is 1.20. The zero-order chi connectivity index (χ0) is 73.2. The van der Waals surface area contributed by atoms with Crippen LogP contribution in [0.5, 0.6) is 0 Å². The summed E-state index contributed by atoms with van der Waals surface area (Å²) in [5.74, 6) is 0. The fourth-order valence-electron chi connectivity index (χ4n) is 8.35. The van der Waals surface area contributed by atoms with E-state index in [1.807, 2.05) is 0 Å². The van der Waals surface area contributed by atoms with Gasteiger partial charge in [0.25, 0.3) is 0 Å². The molecule has 0 unspecified atom stereocenters. The van der Waals surface area contributed by atoms with Crippen LogP contribution in [0.1, 0.15) is 68.9 Å². The minimum Gasteiger partial charge on any atom is -0.309 e. The van der Waals surface area contributed by atoms with Crippen molar-refractivity contribution in [1.29, 1.82) is 0 Å². The highest BCUT2D eigenvalue weighted by Crippen LogP contribution is 2.63. The Labute approximate surface area is 428 Å². The second kappa shape index (κ2) is 15.4. The fourth-order valence-corrected chi connectivity index (χ4v) is 12.3. The summed E-state index contributed by atoms with van der Waals surface area (Å²) in [6.45, 7) is 0. The number of hydrogen-bond acceptors (Lipinski definition) is 2. The molecule has 2 aliphatic rings. The van der Waals surface area contributed by atoms with Gasteiger partial charge in [0.1, 0.15) is 0 Å². The van der Waals surface area contributed by atoms with Crippen molar-refractivity contribution in [2.45, 2.75) is 5.41 Å². The van der Waals surface area contributed by atoms with E-state index < -0.39 is 301 Å². The van der Waals surface area contributed by atoms with Crippen LogP contribution in [0, 0.1) is 0 Å². The van der Waals surface area contributed by atoms with Gasteiger partial charge in [-0.3, -0.25) is 0 Å². The van der Waals surface area contributed by atoms with Gasteiger partial charge in [-0.2, -0.15) is 0 Å². The Kier molecular flexibility index (Phi) is 4.17. The van der Waals surface area contributed by atoms with Crippen molar-refractivity contribution < 1.29 is 55.7 Å². The molecule has 0 amide bonds. The standard InChI is InChI=1S/C61H42O2P2/c62-64(47-17-5-1-6-18-47,48-19-7-2-8-20-48)51-35-29-43(30-36-51)45-33-39-55-56-40-34-46(42-60(56)61(59(55)41-45)57-27-15-13-25-53(57)54-26-14-16-28-58(54)61)44-31-37-52(38-32-44)65(63,49-21-9-3-10-22-49)50-23-11-4-12-24-50/h1-42H/i1D,2D,3D,4D,5D,6D,7D,8D,9D,10D,11D,12D,17D,18D,19D,20D,21D,22D,23D,24D,29D,30D,31D,32D,33D,34D,35D,36D,37D,38D,39D,40D,41D,42D. The van der Waals surface area contributed by atoms with E-state index in [4.69, 9.17) is 27.4 Å². The lowest BCUT2D eigenvalue weighted by Gasteiger charge is -2.31. The molecule has 10 aromatic rings. The maximum atomic E-state index is 16.6. The van der Waals surface area contributed by atoms with Crippen LogP contribution in [0.3, 0.4) is 0 Å². The first kappa shape index (κ1) is 17.6. The molecule has 0 fully saturated rings. The number of rotatable bonds is 8. The first-order valence-corrected chi connectivity index (χ1v) is 22.8. The average Bonchev–Trinajstić information content (AvgIpc) is 1.51. The van der Waals surface area contributed by atoms with Crippen LogP contribution in [0.4, 0.5) is 0 Å². The highest BCUT2D eigenvalue weighted by Gasteiger charge is 2.51. The summed E-state index contributed by atoms with van der Waals surface area (Å²) in [6.07, 6.45) is 0. The fraction of sp³-hybridized carbons (Fsp3) is 0.0164. The van der Waals surface area contributed by atoms with Crippen LogP contribution in [0.2, 0.25) is 0 Å². The van der Waals surface area contributed by atoms with Crippen molar-refractivity contribution in [3.8, 4) is 44.5 Å². The molecule has 12 rings (SSSR count). The van der Waals surface area contributed by atoms with E-state index in [2.05, 4.69) is 0 Å². The van der Waals surface area contributed by atoms with Crippen LogP contribution in [0.15, 0.2) is 254 Å². The van der Waals surface area contributed by atoms with Crippen molar-refractivity contribution in [3.63, 3.8) is 0 Å². The summed E-state index contributed by atoms with van der Waals surface area (Å²) < 4.78 is 345. The zero-order valence-corrected chi connectivity index (χ0v) is 34.6. The molecule has 65 heavy (non-hydrogen) atoms. The number of benzene rings is 10. The molecule has 10 aromatic carbocycles. The van der Waals surface area contributed by atoms with Crippen LogP contribution < -0.4 is 31.8 Å². The van der Waals surface area contributed by atoms with Gasteiger partial charge in [0.05, 0.1) is 52.0 Å². The molecule has 0 saturated carbocycles.